The van der Waals surface area contributed by atoms with Gasteiger partial charge in [0.25, 0.3) is 0 Å². The minimum Gasteiger partial charge on any atom is -0.377 e. The molecule has 0 aliphatic carbocycles. The Hall–Kier alpha value is -0.120. The van der Waals surface area contributed by atoms with E-state index in [1.165, 1.54) is 25.9 Å². The van der Waals surface area contributed by atoms with Gasteiger partial charge in [-0.05, 0) is 59.5 Å². The predicted octanol–water partition coefficient (Wildman–Crippen LogP) is 1.87. The van der Waals surface area contributed by atoms with Crippen LogP contribution >= 0.6 is 0 Å². The second-order valence-electron chi connectivity index (χ2n) is 6.71. The van der Waals surface area contributed by atoms with Crippen LogP contribution in [0.2, 0.25) is 0 Å². The van der Waals surface area contributed by atoms with E-state index in [2.05, 4.69) is 37.9 Å². The van der Waals surface area contributed by atoms with E-state index in [-0.39, 0.29) is 5.54 Å². The standard InChI is InChI=1S/C14H28N2O/c1-11-13(6-8-17-11)16-7-5-12(10-16)9-15-14(2,3)4/h11-13,15H,5-10H2,1-4H3. The Bertz CT molecular complexity index is 249. The average molecular weight is 240 g/mol. The summed E-state index contributed by atoms with van der Waals surface area (Å²) >= 11 is 0. The Morgan fingerprint density at radius 2 is 2.06 bits per heavy atom. The number of nitrogens with zero attached hydrogens (tertiary/aromatic N) is 1. The van der Waals surface area contributed by atoms with Gasteiger partial charge in [-0.3, -0.25) is 4.90 Å². The lowest BCUT2D eigenvalue weighted by molar-refractivity contribution is 0.0816. The van der Waals surface area contributed by atoms with Gasteiger partial charge in [0.05, 0.1) is 6.10 Å². The fourth-order valence-corrected chi connectivity index (χ4v) is 2.98. The zero-order chi connectivity index (χ0) is 12.5. The van der Waals surface area contributed by atoms with Crippen molar-refractivity contribution in [2.75, 3.05) is 26.2 Å². The molecule has 0 amide bonds. The number of hydrogen-bond donors (Lipinski definition) is 1. The fraction of sp³-hybridized carbons (Fsp3) is 1.00. The Labute approximate surface area is 106 Å². The minimum absolute atomic E-state index is 0.247. The van der Waals surface area contributed by atoms with Gasteiger partial charge in [-0.15, -0.1) is 0 Å². The smallest absolute Gasteiger partial charge is 0.0703 e. The van der Waals surface area contributed by atoms with Crippen LogP contribution < -0.4 is 5.32 Å². The molecule has 0 bridgehead atoms. The lowest BCUT2D eigenvalue weighted by Crippen LogP contribution is -2.41. The van der Waals surface area contributed by atoms with Crippen LogP contribution in [0.3, 0.4) is 0 Å². The van der Waals surface area contributed by atoms with Gasteiger partial charge in [-0.1, -0.05) is 0 Å². The third-order valence-corrected chi connectivity index (χ3v) is 4.04. The normalized spacial score (nSPS) is 35.6. The quantitative estimate of drug-likeness (QED) is 0.815. The topological polar surface area (TPSA) is 24.5 Å². The van der Waals surface area contributed by atoms with E-state index in [0.717, 1.165) is 19.1 Å². The largest absolute Gasteiger partial charge is 0.377 e. The van der Waals surface area contributed by atoms with Crippen LogP contribution in [0.25, 0.3) is 0 Å². The summed E-state index contributed by atoms with van der Waals surface area (Å²) in [6, 6.07) is 0.676. The van der Waals surface area contributed by atoms with E-state index in [1.54, 1.807) is 0 Å². The first kappa shape index (κ1) is 13.3. The molecule has 0 saturated carbocycles. The van der Waals surface area contributed by atoms with Crippen LogP contribution in [0.1, 0.15) is 40.5 Å². The highest BCUT2D eigenvalue weighted by Gasteiger charge is 2.34. The van der Waals surface area contributed by atoms with Gasteiger partial charge < -0.3 is 10.1 Å². The maximum Gasteiger partial charge on any atom is 0.0703 e. The molecule has 2 heterocycles. The second kappa shape index (κ2) is 5.25. The van der Waals surface area contributed by atoms with Crippen LogP contribution in [0, 0.1) is 5.92 Å². The third kappa shape index (κ3) is 3.67. The summed E-state index contributed by atoms with van der Waals surface area (Å²) in [7, 11) is 0. The van der Waals surface area contributed by atoms with Crippen molar-refractivity contribution in [2.45, 2.75) is 58.2 Å². The molecule has 100 valence electrons. The fourth-order valence-electron chi connectivity index (χ4n) is 2.98. The third-order valence-electron chi connectivity index (χ3n) is 4.04. The average Bonchev–Trinajstić information content (AvgIpc) is 2.81. The van der Waals surface area contributed by atoms with Crippen molar-refractivity contribution in [3.05, 3.63) is 0 Å². The first-order valence-electron chi connectivity index (χ1n) is 7.06. The van der Waals surface area contributed by atoms with Crippen molar-refractivity contribution < 1.29 is 4.74 Å². The molecule has 3 unspecified atom stereocenters. The summed E-state index contributed by atoms with van der Waals surface area (Å²) in [5.41, 5.74) is 0.247. The van der Waals surface area contributed by atoms with Crippen molar-refractivity contribution in [2.24, 2.45) is 5.92 Å². The monoisotopic (exact) mass is 240 g/mol. The summed E-state index contributed by atoms with van der Waals surface area (Å²) in [6.07, 6.45) is 3.00. The maximum absolute atomic E-state index is 5.67. The van der Waals surface area contributed by atoms with Crippen molar-refractivity contribution in [3.8, 4) is 0 Å². The summed E-state index contributed by atoms with van der Waals surface area (Å²) in [5, 5.41) is 3.63. The van der Waals surface area contributed by atoms with Gasteiger partial charge in [-0.2, -0.15) is 0 Å². The molecule has 3 heteroatoms. The molecule has 0 radical (unpaired) electrons. The summed E-state index contributed by atoms with van der Waals surface area (Å²) in [6.45, 7) is 13.6. The van der Waals surface area contributed by atoms with E-state index in [0.29, 0.717) is 12.1 Å². The summed E-state index contributed by atoms with van der Waals surface area (Å²) in [4.78, 5) is 2.65. The van der Waals surface area contributed by atoms with E-state index < -0.39 is 0 Å². The van der Waals surface area contributed by atoms with Crippen molar-refractivity contribution in [1.82, 2.24) is 10.2 Å². The molecule has 3 nitrogen and oxygen atoms in total. The van der Waals surface area contributed by atoms with Crippen LogP contribution in [-0.4, -0.2) is 48.8 Å². The van der Waals surface area contributed by atoms with E-state index >= 15 is 0 Å². The molecule has 17 heavy (non-hydrogen) atoms. The molecule has 0 spiro atoms. The number of rotatable bonds is 3. The molecule has 2 aliphatic heterocycles. The Balaban J connectivity index is 1.75. The van der Waals surface area contributed by atoms with E-state index in [1.807, 2.05) is 0 Å². The lowest BCUT2D eigenvalue weighted by Gasteiger charge is -2.27. The van der Waals surface area contributed by atoms with Gasteiger partial charge in [0.2, 0.25) is 0 Å². The maximum atomic E-state index is 5.67. The second-order valence-corrected chi connectivity index (χ2v) is 6.71. The predicted molar refractivity (Wildman–Crippen MR) is 71.3 cm³/mol. The number of nitrogens with one attached hydrogen (secondary N) is 1. The number of hydrogen-bond acceptors (Lipinski definition) is 3. The lowest BCUT2D eigenvalue weighted by atomic mass is 10.1. The molecule has 2 fully saturated rings. The molecule has 3 atom stereocenters. The van der Waals surface area contributed by atoms with Gasteiger partial charge in [0.1, 0.15) is 0 Å². The molecular weight excluding hydrogens is 212 g/mol. The molecular formula is C14H28N2O. The Morgan fingerprint density at radius 3 is 2.65 bits per heavy atom. The molecule has 0 aromatic rings. The Morgan fingerprint density at radius 1 is 1.29 bits per heavy atom. The van der Waals surface area contributed by atoms with Crippen molar-refractivity contribution in [3.63, 3.8) is 0 Å². The first-order valence-corrected chi connectivity index (χ1v) is 7.06. The number of ether oxygens (including phenoxy) is 1. The van der Waals surface area contributed by atoms with Gasteiger partial charge >= 0.3 is 0 Å². The molecule has 2 rings (SSSR count). The van der Waals surface area contributed by atoms with Gasteiger partial charge in [0, 0.05) is 24.7 Å². The molecule has 2 aliphatic rings. The van der Waals surface area contributed by atoms with Gasteiger partial charge in [0.15, 0.2) is 0 Å². The molecule has 0 aromatic heterocycles. The highest BCUT2D eigenvalue weighted by atomic mass is 16.5. The van der Waals surface area contributed by atoms with E-state index in [4.69, 9.17) is 4.74 Å². The highest BCUT2D eigenvalue weighted by molar-refractivity contribution is 4.88. The first-order chi connectivity index (χ1) is 7.96. The minimum atomic E-state index is 0.247. The van der Waals surface area contributed by atoms with Crippen LogP contribution in [-0.2, 0) is 4.74 Å². The van der Waals surface area contributed by atoms with Crippen LogP contribution in [0.15, 0.2) is 0 Å². The van der Waals surface area contributed by atoms with Crippen molar-refractivity contribution >= 4 is 0 Å². The zero-order valence-electron chi connectivity index (χ0n) is 11.8. The van der Waals surface area contributed by atoms with Crippen LogP contribution in [0.4, 0.5) is 0 Å². The SMILES string of the molecule is CC1OCCC1N1CCC(CNC(C)(C)C)C1. The van der Waals surface area contributed by atoms with Crippen LogP contribution in [0.5, 0.6) is 0 Å². The van der Waals surface area contributed by atoms with Gasteiger partial charge in [-0.25, -0.2) is 0 Å². The highest BCUT2D eigenvalue weighted by Crippen LogP contribution is 2.26. The van der Waals surface area contributed by atoms with Crippen molar-refractivity contribution in [1.29, 1.82) is 0 Å². The summed E-state index contributed by atoms with van der Waals surface area (Å²) < 4.78 is 5.67. The molecule has 2 saturated heterocycles. The Kier molecular flexibility index (Phi) is 4.11. The summed E-state index contributed by atoms with van der Waals surface area (Å²) in [5.74, 6) is 0.821. The van der Waals surface area contributed by atoms with E-state index in [9.17, 15) is 0 Å². The zero-order valence-corrected chi connectivity index (χ0v) is 11.8. The molecule has 0 aromatic carbocycles. The molecule has 1 N–H and O–H groups in total. The number of likely N-dealkylation sites (tertiary alicyclic amines) is 1.